The van der Waals surface area contributed by atoms with Crippen molar-refractivity contribution < 1.29 is 4.79 Å². The van der Waals surface area contributed by atoms with Gasteiger partial charge in [0.1, 0.15) is 6.04 Å². The summed E-state index contributed by atoms with van der Waals surface area (Å²) in [5.41, 5.74) is -0.231. The summed E-state index contributed by atoms with van der Waals surface area (Å²) in [7, 11) is 1.66. The maximum atomic E-state index is 11.3. The SMILES string of the molecule is CNC(C#N)CC(=O)NC(C)(C)C. The lowest BCUT2D eigenvalue weighted by Crippen LogP contribution is -2.43. The van der Waals surface area contributed by atoms with Gasteiger partial charge in [-0.3, -0.25) is 4.79 Å². The molecule has 0 aromatic carbocycles. The van der Waals surface area contributed by atoms with E-state index in [0.29, 0.717) is 0 Å². The third kappa shape index (κ3) is 6.12. The summed E-state index contributed by atoms with van der Waals surface area (Å²) in [6, 6.07) is 1.60. The van der Waals surface area contributed by atoms with Gasteiger partial charge in [0, 0.05) is 5.54 Å². The fourth-order valence-corrected chi connectivity index (χ4v) is 0.867. The van der Waals surface area contributed by atoms with Crippen LogP contribution >= 0.6 is 0 Å². The van der Waals surface area contributed by atoms with E-state index in [9.17, 15) is 4.79 Å². The first-order chi connectivity index (χ1) is 5.89. The Morgan fingerprint density at radius 3 is 2.38 bits per heavy atom. The minimum absolute atomic E-state index is 0.103. The molecule has 0 aliphatic carbocycles. The molecule has 0 saturated heterocycles. The first-order valence-corrected chi connectivity index (χ1v) is 4.27. The van der Waals surface area contributed by atoms with Crippen molar-refractivity contribution >= 4 is 5.91 Å². The molecule has 0 aromatic rings. The van der Waals surface area contributed by atoms with Crippen molar-refractivity contribution in [3.8, 4) is 6.07 Å². The number of carbonyl (C=O) groups is 1. The summed E-state index contributed by atoms with van der Waals surface area (Å²) in [6.07, 6.45) is 0.199. The fourth-order valence-electron chi connectivity index (χ4n) is 0.867. The molecule has 1 amide bonds. The molecule has 0 saturated carbocycles. The Hall–Kier alpha value is -1.08. The highest BCUT2D eigenvalue weighted by Crippen LogP contribution is 2.00. The molecule has 4 heteroatoms. The van der Waals surface area contributed by atoms with Gasteiger partial charge in [0.25, 0.3) is 0 Å². The number of hydrogen-bond donors (Lipinski definition) is 2. The molecule has 74 valence electrons. The predicted octanol–water partition coefficient (Wildman–Crippen LogP) is 0.403. The lowest BCUT2D eigenvalue weighted by molar-refractivity contribution is -0.122. The van der Waals surface area contributed by atoms with Gasteiger partial charge < -0.3 is 10.6 Å². The van der Waals surface area contributed by atoms with Crippen LogP contribution in [0.25, 0.3) is 0 Å². The Balaban J connectivity index is 3.96. The van der Waals surface area contributed by atoms with Gasteiger partial charge in [-0.05, 0) is 27.8 Å². The lowest BCUT2D eigenvalue weighted by atomic mass is 10.1. The summed E-state index contributed by atoms with van der Waals surface area (Å²) in [6.45, 7) is 5.73. The van der Waals surface area contributed by atoms with Crippen molar-refractivity contribution in [2.75, 3.05) is 7.05 Å². The van der Waals surface area contributed by atoms with Gasteiger partial charge in [-0.25, -0.2) is 0 Å². The average molecular weight is 183 g/mol. The van der Waals surface area contributed by atoms with Gasteiger partial charge >= 0.3 is 0 Å². The van der Waals surface area contributed by atoms with Gasteiger partial charge in [-0.2, -0.15) is 5.26 Å². The number of rotatable bonds is 3. The van der Waals surface area contributed by atoms with Crippen molar-refractivity contribution in [2.24, 2.45) is 0 Å². The van der Waals surface area contributed by atoms with E-state index in [1.807, 2.05) is 26.8 Å². The Labute approximate surface area is 79.3 Å². The van der Waals surface area contributed by atoms with Gasteiger partial charge in [0.15, 0.2) is 0 Å². The summed E-state index contributed by atoms with van der Waals surface area (Å²) in [4.78, 5) is 11.3. The smallest absolute Gasteiger partial charge is 0.223 e. The molecular formula is C9H17N3O. The van der Waals surface area contributed by atoms with Crippen molar-refractivity contribution in [3.05, 3.63) is 0 Å². The average Bonchev–Trinajstić information content (AvgIpc) is 1.96. The standard InChI is InChI=1S/C9H17N3O/c1-9(2,3)12-8(13)5-7(6-10)11-4/h7,11H,5H2,1-4H3,(H,12,13). The van der Waals surface area contributed by atoms with E-state index in [1.165, 1.54) is 0 Å². The lowest BCUT2D eigenvalue weighted by Gasteiger charge is -2.21. The monoisotopic (exact) mass is 183 g/mol. The van der Waals surface area contributed by atoms with Gasteiger partial charge in [-0.1, -0.05) is 0 Å². The van der Waals surface area contributed by atoms with Crippen molar-refractivity contribution in [1.29, 1.82) is 5.26 Å². The molecule has 13 heavy (non-hydrogen) atoms. The van der Waals surface area contributed by atoms with Crippen LogP contribution in [0.1, 0.15) is 27.2 Å². The Bertz CT molecular complexity index is 212. The largest absolute Gasteiger partial charge is 0.351 e. The van der Waals surface area contributed by atoms with Crippen LogP contribution in [0.4, 0.5) is 0 Å². The third-order valence-electron chi connectivity index (χ3n) is 1.41. The minimum atomic E-state index is -0.401. The summed E-state index contributed by atoms with van der Waals surface area (Å²) in [5, 5.41) is 14.1. The molecule has 0 fully saturated rings. The number of hydrogen-bond acceptors (Lipinski definition) is 3. The maximum absolute atomic E-state index is 11.3. The highest BCUT2D eigenvalue weighted by molar-refractivity contribution is 5.77. The van der Waals surface area contributed by atoms with E-state index in [2.05, 4.69) is 10.6 Å². The first kappa shape index (κ1) is 11.9. The van der Waals surface area contributed by atoms with Crippen LogP contribution in [-0.2, 0) is 4.79 Å². The molecule has 0 heterocycles. The summed E-state index contributed by atoms with van der Waals surface area (Å²) < 4.78 is 0. The Kier molecular flexibility index (Phi) is 4.43. The quantitative estimate of drug-likeness (QED) is 0.665. The minimum Gasteiger partial charge on any atom is -0.351 e. The molecule has 4 nitrogen and oxygen atoms in total. The van der Waals surface area contributed by atoms with E-state index in [-0.39, 0.29) is 17.9 Å². The maximum Gasteiger partial charge on any atom is 0.223 e. The molecule has 0 aliphatic rings. The van der Waals surface area contributed by atoms with Crippen LogP contribution in [0.3, 0.4) is 0 Å². The van der Waals surface area contributed by atoms with Crippen molar-refractivity contribution in [1.82, 2.24) is 10.6 Å². The second kappa shape index (κ2) is 4.83. The second-order valence-electron chi connectivity index (χ2n) is 3.97. The molecule has 0 aromatic heterocycles. The summed E-state index contributed by atoms with van der Waals surface area (Å²) in [5.74, 6) is -0.103. The highest BCUT2D eigenvalue weighted by Gasteiger charge is 2.16. The van der Waals surface area contributed by atoms with Crippen LogP contribution in [0.2, 0.25) is 0 Å². The van der Waals surface area contributed by atoms with Gasteiger partial charge in [-0.15, -0.1) is 0 Å². The van der Waals surface area contributed by atoms with Crippen molar-refractivity contribution in [2.45, 2.75) is 38.8 Å². The van der Waals surface area contributed by atoms with E-state index in [4.69, 9.17) is 5.26 Å². The predicted molar refractivity (Wildman–Crippen MR) is 51.0 cm³/mol. The Morgan fingerprint density at radius 1 is 1.54 bits per heavy atom. The molecule has 0 rings (SSSR count). The van der Waals surface area contributed by atoms with Gasteiger partial charge in [0.05, 0.1) is 12.5 Å². The number of nitrogens with zero attached hydrogens (tertiary/aromatic N) is 1. The van der Waals surface area contributed by atoms with Crippen LogP contribution in [0.5, 0.6) is 0 Å². The van der Waals surface area contributed by atoms with Gasteiger partial charge in [0.2, 0.25) is 5.91 Å². The van der Waals surface area contributed by atoms with E-state index < -0.39 is 6.04 Å². The molecule has 1 atom stereocenters. The third-order valence-corrected chi connectivity index (χ3v) is 1.41. The molecule has 2 N–H and O–H groups in total. The zero-order valence-corrected chi connectivity index (χ0v) is 8.64. The number of nitriles is 1. The zero-order chi connectivity index (χ0) is 10.5. The molecule has 1 unspecified atom stereocenters. The second-order valence-corrected chi connectivity index (χ2v) is 3.97. The molecule has 0 spiro atoms. The molecule has 0 radical (unpaired) electrons. The summed E-state index contributed by atoms with van der Waals surface area (Å²) >= 11 is 0. The first-order valence-electron chi connectivity index (χ1n) is 4.27. The molecular weight excluding hydrogens is 166 g/mol. The van der Waals surface area contributed by atoms with E-state index in [1.54, 1.807) is 7.05 Å². The van der Waals surface area contributed by atoms with Crippen molar-refractivity contribution in [3.63, 3.8) is 0 Å². The zero-order valence-electron chi connectivity index (χ0n) is 8.64. The Morgan fingerprint density at radius 2 is 2.08 bits per heavy atom. The molecule has 0 bridgehead atoms. The van der Waals surface area contributed by atoms with Crippen LogP contribution in [-0.4, -0.2) is 24.5 Å². The molecule has 0 aliphatic heterocycles. The van der Waals surface area contributed by atoms with E-state index in [0.717, 1.165) is 0 Å². The highest BCUT2D eigenvalue weighted by atomic mass is 16.1. The number of carbonyl (C=O) groups excluding carboxylic acids is 1. The number of amides is 1. The number of nitrogens with one attached hydrogen (secondary N) is 2. The van der Waals surface area contributed by atoms with E-state index >= 15 is 0 Å². The van der Waals surface area contributed by atoms with Crippen LogP contribution in [0, 0.1) is 11.3 Å². The normalized spacial score (nSPS) is 13.2. The fraction of sp³-hybridized carbons (Fsp3) is 0.778. The topological polar surface area (TPSA) is 64.9 Å². The van der Waals surface area contributed by atoms with Crippen LogP contribution < -0.4 is 10.6 Å². The van der Waals surface area contributed by atoms with Crippen LogP contribution in [0.15, 0.2) is 0 Å².